The van der Waals surface area contributed by atoms with Crippen LogP contribution < -0.4 is 11.1 Å². The first-order chi connectivity index (χ1) is 20.0. The lowest BCUT2D eigenvalue weighted by molar-refractivity contribution is -0.138. The van der Waals surface area contributed by atoms with Crippen LogP contribution in [-0.2, 0) is 38.1 Å². The summed E-state index contributed by atoms with van der Waals surface area (Å²) >= 11 is 0. The van der Waals surface area contributed by atoms with Gasteiger partial charge in [0.15, 0.2) is 0 Å². The molecule has 0 unspecified atom stereocenters. The van der Waals surface area contributed by atoms with Crippen LogP contribution in [0, 0.1) is 0 Å². The molecule has 0 aromatic heterocycles. The number of nitrogens with one attached hydrogen (secondary N) is 1. The second kappa shape index (κ2) is 25.6. The van der Waals surface area contributed by atoms with Crippen LogP contribution in [0.4, 0.5) is 0 Å². The Labute approximate surface area is 243 Å². The van der Waals surface area contributed by atoms with Crippen molar-refractivity contribution in [3.05, 3.63) is 0 Å². The molecule has 0 aromatic carbocycles. The Bertz CT molecular complexity index is 680. The Kier molecular flexibility index (Phi) is 23.1. The molecule has 1 amide bonds. The van der Waals surface area contributed by atoms with E-state index >= 15 is 0 Å². The summed E-state index contributed by atoms with van der Waals surface area (Å²) in [5.74, 6) is -1.06. The highest BCUT2D eigenvalue weighted by molar-refractivity contribution is 5.78. The third-order valence-electron chi connectivity index (χ3n) is 6.27. The van der Waals surface area contributed by atoms with Crippen molar-refractivity contribution in [2.24, 2.45) is 5.73 Å². The molecular formula is C26H50N6O9. The van der Waals surface area contributed by atoms with Crippen molar-refractivity contribution in [3.8, 4) is 0 Å². The molecule has 41 heavy (non-hydrogen) atoms. The van der Waals surface area contributed by atoms with Crippen molar-refractivity contribution in [1.29, 1.82) is 0 Å². The number of ether oxygens (including phenoxy) is 4. The average Bonchev–Trinajstić information content (AvgIpc) is 2.94. The summed E-state index contributed by atoms with van der Waals surface area (Å²) in [6, 6.07) is 0. The Morgan fingerprint density at radius 1 is 0.634 bits per heavy atom. The molecule has 4 N–H and O–H groups in total. The van der Waals surface area contributed by atoms with E-state index in [2.05, 4.69) is 5.32 Å². The van der Waals surface area contributed by atoms with Crippen molar-refractivity contribution >= 4 is 24.4 Å². The van der Waals surface area contributed by atoms with E-state index in [9.17, 15) is 24.3 Å². The van der Waals surface area contributed by atoms with Gasteiger partial charge in [-0.2, -0.15) is 0 Å². The molecule has 0 spiro atoms. The van der Waals surface area contributed by atoms with Crippen molar-refractivity contribution < 1.29 is 43.2 Å². The first-order valence-corrected chi connectivity index (χ1v) is 14.2. The number of hydrogen-bond donors (Lipinski definition) is 3. The number of carbonyl (C=O) groups excluding carboxylic acids is 3. The largest absolute Gasteiger partial charge is 0.480 e. The van der Waals surface area contributed by atoms with Crippen LogP contribution in [-0.4, -0.2) is 194 Å². The Morgan fingerprint density at radius 3 is 1.44 bits per heavy atom. The normalized spacial score (nSPS) is 17.0. The van der Waals surface area contributed by atoms with Crippen LogP contribution in [0.1, 0.15) is 0 Å². The van der Waals surface area contributed by atoms with Crippen LogP contribution in [0.25, 0.3) is 0 Å². The number of hydrogen-bond acceptors (Lipinski definition) is 13. The predicted molar refractivity (Wildman–Crippen MR) is 151 cm³/mol. The lowest BCUT2D eigenvalue weighted by atomic mass is 10.3. The molecule has 1 fully saturated rings. The molecule has 0 atom stereocenters. The van der Waals surface area contributed by atoms with Crippen molar-refractivity contribution in [3.63, 3.8) is 0 Å². The summed E-state index contributed by atoms with van der Waals surface area (Å²) in [7, 11) is 0. The molecule has 0 radical (unpaired) electrons. The van der Waals surface area contributed by atoms with Gasteiger partial charge in [0.2, 0.25) is 5.91 Å². The minimum absolute atomic E-state index is 0.103. The highest BCUT2D eigenvalue weighted by Gasteiger charge is 2.19. The minimum atomic E-state index is -0.918. The number of aldehydes is 2. The van der Waals surface area contributed by atoms with Crippen molar-refractivity contribution in [2.75, 3.05) is 144 Å². The lowest BCUT2D eigenvalue weighted by Crippen LogP contribution is -2.49. The fraction of sp³-hybridized carbons (Fsp3) is 0.846. The quantitative estimate of drug-likeness (QED) is 0.0850. The van der Waals surface area contributed by atoms with Gasteiger partial charge in [-0.3, -0.25) is 29.2 Å². The number of nitrogens with two attached hydrogens (primary N) is 1. The zero-order valence-corrected chi connectivity index (χ0v) is 24.3. The van der Waals surface area contributed by atoms with E-state index in [4.69, 9.17) is 24.7 Å². The summed E-state index contributed by atoms with van der Waals surface area (Å²) in [5.41, 5.74) is 5.33. The highest BCUT2D eigenvalue weighted by atomic mass is 16.6. The topological polar surface area (TPSA) is 176 Å². The Balaban J connectivity index is 2.36. The summed E-state index contributed by atoms with van der Waals surface area (Å²) in [6.07, 6.45) is 1.66. The van der Waals surface area contributed by atoms with Gasteiger partial charge < -0.3 is 44.7 Å². The van der Waals surface area contributed by atoms with Gasteiger partial charge in [0.25, 0.3) is 0 Å². The molecule has 15 heteroatoms. The third kappa shape index (κ3) is 21.3. The Hall–Kier alpha value is -2.08. The van der Waals surface area contributed by atoms with E-state index < -0.39 is 5.97 Å². The van der Waals surface area contributed by atoms with Crippen molar-refractivity contribution in [2.45, 2.75) is 0 Å². The molecule has 0 aromatic rings. The predicted octanol–water partition coefficient (Wildman–Crippen LogP) is -3.17. The van der Waals surface area contributed by atoms with Gasteiger partial charge in [-0.05, 0) is 0 Å². The average molecular weight is 591 g/mol. The lowest BCUT2D eigenvalue weighted by Gasteiger charge is -2.32. The molecule has 1 saturated heterocycles. The number of rotatable bonds is 22. The molecule has 1 rings (SSSR count). The Morgan fingerprint density at radius 2 is 1.02 bits per heavy atom. The van der Waals surface area contributed by atoms with Gasteiger partial charge in [-0.25, -0.2) is 0 Å². The highest BCUT2D eigenvalue weighted by Crippen LogP contribution is 2.00. The molecule has 1 aliphatic heterocycles. The van der Waals surface area contributed by atoms with Gasteiger partial charge in [0.05, 0.1) is 79.0 Å². The second-order valence-corrected chi connectivity index (χ2v) is 9.47. The first-order valence-electron chi connectivity index (χ1n) is 14.2. The standard InChI is InChI=1S/C26H50N6O9/c27-1-15-38-17-19-40-21-22-41-20-18-39-16-2-28-25(35)23-31-7-3-29(11-13-33)5-9-32(24-26(36)37)10-6-30(4-8-31)12-14-34/h13-14H,1-12,15-24,27H2,(H,28,35)(H,36,37). The van der Waals surface area contributed by atoms with Gasteiger partial charge >= 0.3 is 5.97 Å². The summed E-state index contributed by atoms with van der Waals surface area (Å²) in [4.78, 5) is 54.0. The molecule has 0 saturated carbocycles. The third-order valence-corrected chi connectivity index (χ3v) is 6.27. The van der Waals surface area contributed by atoms with E-state index in [0.717, 1.165) is 12.6 Å². The first kappa shape index (κ1) is 36.9. The number of carbonyl (C=O) groups is 4. The summed E-state index contributed by atoms with van der Waals surface area (Å²) in [6.45, 7) is 9.29. The molecular weight excluding hydrogens is 540 g/mol. The van der Waals surface area contributed by atoms with Crippen molar-refractivity contribution in [1.82, 2.24) is 24.9 Å². The summed E-state index contributed by atoms with van der Waals surface area (Å²) < 4.78 is 21.5. The maximum absolute atomic E-state index is 12.6. The van der Waals surface area contributed by atoms with Crippen LogP contribution in [0.2, 0.25) is 0 Å². The smallest absolute Gasteiger partial charge is 0.317 e. The SMILES string of the molecule is NCCOCCOCCOCCOCCNC(=O)CN1CCN(CC=O)CCN(CC(=O)O)CCN(CC=O)CC1. The van der Waals surface area contributed by atoms with Gasteiger partial charge in [-0.15, -0.1) is 0 Å². The number of carboxylic acids is 1. The van der Waals surface area contributed by atoms with Crippen LogP contribution in [0.5, 0.6) is 0 Å². The molecule has 15 nitrogen and oxygen atoms in total. The minimum Gasteiger partial charge on any atom is -0.480 e. The molecule has 238 valence electrons. The number of aliphatic carboxylic acids is 1. The van der Waals surface area contributed by atoms with Crippen LogP contribution in [0.15, 0.2) is 0 Å². The van der Waals surface area contributed by atoms with Crippen LogP contribution in [0.3, 0.4) is 0 Å². The van der Waals surface area contributed by atoms with E-state index in [1.807, 2.05) is 19.6 Å². The fourth-order valence-corrected chi connectivity index (χ4v) is 4.03. The fourth-order valence-electron chi connectivity index (χ4n) is 4.03. The number of amides is 1. The maximum atomic E-state index is 12.6. The molecule has 1 heterocycles. The summed E-state index contributed by atoms with van der Waals surface area (Å²) in [5, 5.41) is 12.1. The van der Waals surface area contributed by atoms with E-state index in [0.29, 0.717) is 118 Å². The molecule has 0 aliphatic carbocycles. The number of carboxylic acid groups (broad SMARTS) is 1. The zero-order chi connectivity index (χ0) is 30.0. The maximum Gasteiger partial charge on any atom is 0.317 e. The van der Waals surface area contributed by atoms with Gasteiger partial charge in [-0.1, -0.05) is 0 Å². The zero-order valence-electron chi connectivity index (χ0n) is 24.3. The van der Waals surface area contributed by atoms with Crippen LogP contribution >= 0.6 is 0 Å². The molecule has 1 aliphatic rings. The monoisotopic (exact) mass is 590 g/mol. The van der Waals surface area contributed by atoms with Gasteiger partial charge in [0, 0.05) is 65.4 Å². The second-order valence-electron chi connectivity index (χ2n) is 9.47. The van der Waals surface area contributed by atoms with E-state index in [1.165, 1.54) is 0 Å². The van der Waals surface area contributed by atoms with E-state index in [1.54, 1.807) is 0 Å². The molecule has 0 bridgehead atoms. The van der Waals surface area contributed by atoms with E-state index in [-0.39, 0.29) is 32.1 Å². The number of nitrogens with zero attached hydrogens (tertiary/aromatic N) is 4. The van der Waals surface area contributed by atoms with Gasteiger partial charge in [0.1, 0.15) is 12.6 Å².